The molecule has 16 nitrogen and oxygen atoms in total. The molecule has 1 aliphatic heterocycles. The van der Waals surface area contributed by atoms with E-state index < -0.39 is 21.9 Å². The van der Waals surface area contributed by atoms with Crippen LogP contribution in [0.25, 0.3) is 17.3 Å². The number of aromatic hydroxyl groups is 1. The molecule has 2 amide bonds. The molecule has 0 radical (unpaired) electrons. The monoisotopic (exact) mass is 858 g/mol. The SMILES string of the molecule is O=C(NC1=NN(c2ccccc2)C(=O)C1=CC=C(C=Cc1c(NCOc2cccc(S(=O)(=O)O)c2)nn(-c2ccccc2)c1O)c1ccccc1)c1cccc(SOOO)c1. The Bertz CT molecular complexity index is 2780. The zero-order chi connectivity index (χ0) is 42.8. The number of rotatable bonds is 15. The van der Waals surface area contributed by atoms with Gasteiger partial charge in [0.05, 0.1) is 39.4 Å². The third-order valence-electron chi connectivity index (χ3n) is 8.81. The van der Waals surface area contributed by atoms with Crippen molar-refractivity contribution in [1.29, 1.82) is 0 Å². The Morgan fingerprint density at radius 2 is 1.51 bits per heavy atom. The van der Waals surface area contributed by atoms with E-state index in [9.17, 15) is 27.7 Å². The smallest absolute Gasteiger partial charge is 0.294 e. The number of amides is 2. The average Bonchev–Trinajstić information content (AvgIpc) is 3.77. The highest BCUT2D eigenvalue weighted by atomic mass is 32.2. The summed E-state index contributed by atoms with van der Waals surface area (Å²) in [6.45, 7) is -0.212. The number of hydrogen-bond acceptors (Lipinski definition) is 13. The normalized spacial score (nSPS) is 13.8. The molecule has 0 saturated carbocycles. The fourth-order valence-corrected chi connectivity index (χ4v) is 6.85. The van der Waals surface area contributed by atoms with Crippen LogP contribution in [0.15, 0.2) is 178 Å². The van der Waals surface area contributed by atoms with E-state index in [1.807, 2.05) is 36.4 Å². The van der Waals surface area contributed by atoms with E-state index in [2.05, 4.69) is 30.2 Å². The van der Waals surface area contributed by atoms with Gasteiger partial charge in [0.25, 0.3) is 21.9 Å². The van der Waals surface area contributed by atoms with Crippen LogP contribution in [0, 0.1) is 0 Å². The number of aromatic nitrogens is 2. The quantitative estimate of drug-likeness (QED) is 0.0129. The summed E-state index contributed by atoms with van der Waals surface area (Å²) in [5.41, 5.74) is 2.87. The minimum Gasteiger partial charge on any atom is -0.493 e. The molecule has 2 heterocycles. The van der Waals surface area contributed by atoms with Crippen LogP contribution >= 0.6 is 12.0 Å². The second-order valence-corrected chi connectivity index (χ2v) is 15.0. The van der Waals surface area contributed by atoms with E-state index in [1.54, 1.807) is 91.0 Å². The Morgan fingerprint density at radius 1 is 0.836 bits per heavy atom. The summed E-state index contributed by atoms with van der Waals surface area (Å²) in [7, 11) is -4.46. The molecule has 308 valence electrons. The summed E-state index contributed by atoms with van der Waals surface area (Å²) in [5.74, 6) is -0.974. The number of benzene rings is 5. The summed E-state index contributed by atoms with van der Waals surface area (Å²) in [6, 6.07) is 38.5. The van der Waals surface area contributed by atoms with Crippen LogP contribution in [0.3, 0.4) is 0 Å². The van der Waals surface area contributed by atoms with Crippen molar-refractivity contribution in [3.63, 3.8) is 0 Å². The lowest BCUT2D eigenvalue weighted by Gasteiger charge is -2.10. The van der Waals surface area contributed by atoms with Crippen molar-refractivity contribution < 1.29 is 47.0 Å². The van der Waals surface area contributed by atoms with Gasteiger partial charge < -0.3 is 20.5 Å². The highest BCUT2D eigenvalue weighted by molar-refractivity contribution is 7.94. The second kappa shape index (κ2) is 19.2. The summed E-state index contributed by atoms with van der Waals surface area (Å²) in [5, 5.41) is 39.8. The summed E-state index contributed by atoms with van der Waals surface area (Å²) >= 11 is 0.684. The molecule has 5 N–H and O–H groups in total. The van der Waals surface area contributed by atoms with Crippen molar-refractivity contribution in [1.82, 2.24) is 15.1 Å². The Morgan fingerprint density at radius 3 is 2.21 bits per heavy atom. The van der Waals surface area contributed by atoms with Gasteiger partial charge in [-0.1, -0.05) is 96.1 Å². The first kappa shape index (κ1) is 41.8. The molecule has 0 spiro atoms. The number of anilines is 2. The van der Waals surface area contributed by atoms with E-state index in [4.69, 9.17) is 9.99 Å². The Kier molecular flexibility index (Phi) is 13.1. The minimum absolute atomic E-state index is 0.0186. The number of nitrogens with one attached hydrogen (secondary N) is 2. The maximum Gasteiger partial charge on any atom is 0.294 e. The van der Waals surface area contributed by atoms with Gasteiger partial charge in [0.2, 0.25) is 5.88 Å². The molecule has 7 rings (SSSR count). The van der Waals surface area contributed by atoms with Crippen LogP contribution in [0.1, 0.15) is 21.5 Å². The molecule has 6 aromatic rings. The zero-order valence-corrected chi connectivity index (χ0v) is 33.2. The van der Waals surface area contributed by atoms with Gasteiger partial charge in [-0.05, 0) is 77.9 Å². The largest absolute Gasteiger partial charge is 0.493 e. The van der Waals surface area contributed by atoms with Gasteiger partial charge in [0, 0.05) is 16.5 Å². The number of allylic oxidation sites excluding steroid dienone is 4. The summed E-state index contributed by atoms with van der Waals surface area (Å²) in [4.78, 5) is 27.7. The van der Waals surface area contributed by atoms with Crippen molar-refractivity contribution in [3.05, 3.63) is 180 Å². The van der Waals surface area contributed by atoms with Crippen molar-refractivity contribution in [2.75, 3.05) is 17.1 Å². The summed E-state index contributed by atoms with van der Waals surface area (Å²) < 4.78 is 44.3. The third-order valence-corrected chi connectivity index (χ3v) is 10.2. The highest BCUT2D eigenvalue weighted by Gasteiger charge is 2.32. The lowest BCUT2D eigenvalue weighted by molar-refractivity contribution is -0.432. The van der Waals surface area contributed by atoms with E-state index in [0.717, 1.165) is 5.56 Å². The van der Waals surface area contributed by atoms with Gasteiger partial charge in [-0.15, -0.1) is 14.5 Å². The van der Waals surface area contributed by atoms with Gasteiger partial charge in [0.1, 0.15) is 5.75 Å². The molecule has 5 aromatic carbocycles. The van der Waals surface area contributed by atoms with Crippen molar-refractivity contribution in [3.8, 4) is 17.3 Å². The van der Waals surface area contributed by atoms with Crippen LogP contribution in [-0.4, -0.2) is 57.5 Å². The Hall–Kier alpha value is -7.32. The number of para-hydroxylation sites is 2. The predicted octanol–water partition coefficient (Wildman–Crippen LogP) is 7.51. The number of carbonyl (C=O) groups excluding carboxylic acids is 2. The van der Waals surface area contributed by atoms with Gasteiger partial charge in [-0.3, -0.25) is 14.1 Å². The van der Waals surface area contributed by atoms with Gasteiger partial charge in [-0.25, -0.2) is 5.26 Å². The first-order valence-electron chi connectivity index (χ1n) is 18.1. The molecule has 0 aliphatic carbocycles. The molecule has 0 unspecified atom stereocenters. The average molecular weight is 859 g/mol. The summed E-state index contributed by atoms with van der Waals surface area (Å²) in [6.07, 6.45) is 6.55. The fourth-order valence-electron chi connectivity index (χ4n) is 5.92. The maximum absolute atomic E-state index is 14.0. The van der Waals surface area contributed by atoms with Crippen molar-refractivity contribution >= 4 is 63.0 Å². The Balaban J connectivity index is 1.23. The zero-order valence-electron chi connectivity index (χ0n) is 31.6. The topological polar surface area (TPSA) is 214 Å². The number of nitrogens with zero attached hydrogens (tertiary/aromatic N) is 4. The number of ether oxygens (including phenoxy) is 1. The molecule has 1 aliphatic rings. The predicted molar refractivity (Wildman–Crippen MR) is 228 cm³/mol. The van der Waals surface area contributed by atoms with Crippen molar-refractivity contribution in [2.24, 2.45) is 5.10 Å². The first-order chi connectivity index (χ1) is 29.6. The standard InChI is InChI=1S/C43H34N6O10S2/c50-41(31-14-10-20-35(26-31)60-59-58-53)45-40-38(43(52)49(47-40)33-17-8-3-9-18-33)25-23-30(29-12-4-1-5-13-29)22-24-37-39(46-48(42(37)51)32-15-6-2-7-16-32)44-28-57-34-19-11-21-36(27-34)61(54,55)56/h1-27,51,53H,28H2,(H,44,46)(H,45,47,50)(H,54,55,56). The van der Waals surface area contributed by atoms with Crippen LogP contribution in [0.5, 0.6) is 11.6 Å². The van der Waals surface area contributed by atoms with Crippen LogP contribution in [0.4, 0.5) is 11.5 Å². The molecule has 18 heteroatoms. The minimum atomic E-state index is -4.46. The van der Waals surface area contributed by atoms with E-state index >= 15 is 0 Å². The molecule has 61 heavy (non-hydrogen) atoms. The van der Waals surface area contributed by atoms with Gasteiger partial charge in [-0.2, -0.15) is 18.1 Å². The molecule has 1 aromatic heterocycles. The maximum atomic E-state index is 14.0. The van der Waals surface area contributed by atoms with E-state index in [-0.39, 0.29) is 51.6 Å². The molecule has 0 fully saturated rings. The third kappa shape index (κ3) is 10.3. The molecular formula is C43H34N6O10S2. The van der Waals surface area contributed by atoms with Crippen LogP contribution < -0.4 is 20.4 Å². The molecule has 0 atom stereocenters. The number of hydrazone groups is 1. The lowest BCUT2D eigenvalue weighted by atomic mass is 10.0. The van der Waals surface area contributed by atoms with Gasteiger partial charge in [0.15, 0.2) is 18.4 Å². The van der Waals surface area contributed by atoms with Gasteiger partial charge >= 0.3 is 0 Å². The van der Waals surface area contributed by atoms with Crippen LogP contribution in [-0.2, 0) is 24.3 Å². The fraction of sp³-hybridized carbons (Fsp3) is 0.0233. The van der Waals surface area contributed by atoms with Crippen LogP contribution in [0.2, 0.25) is 0 Å². The second-order valence-electron chi connectivity index (χ2n) is 12.8. The highest BCUT2D eigenvalue weighted by Crippen LogP contribution is 2.32. The first-order valence-corrected chi connectivity index (χ1v) is 20.3. The molecule has 0 bridgehead atoms. The molecular weight excluding hydrogens is 825 g/mol. The van der Waals surface area contributed by atoms with E-state index in [1.165, 1.54) is 46.1 Å². The number of amidine groups is 1. The number of carbonyl (C=O) groups is 2. The lowest BCUT2D eigenvalue weighted by Crippen LogP contribution is -2.31. The van der Waals surface area contributed by atoms with E-state index in [0.29, 0.717) is 33.9 Å². The Labute approximate surface area is 353 Å². The van der Waals surface area contributed by atoms with Crippen molar-refractivity contribution in [2.45, 2.75) is 9.79 Å². The molecule has 0 saturated heterocycles. The number of hydrogen-bond donors (Lipinski definition) is 5.